The number of para-hydroxylation sites is 1. The lowest BCUT2D eigenvalue weighted by molar-refractivity contribution is -0.140. The van der Waals surface area contributed by atoms with Crippen molar-refractivity contribution in [2.24, 2.45) is 0 Å². The molecule has 1 unspecified atom stereocenters. The molecular weight excluding hydrogens is 674 g/mol. The number of hydrogen-bond donors (Lipinski definition) is 1. The molecule has 0 aliphatic heterocycles. The number of rotatable bonds is 14. The number of aryl methyl sites for hydroxylation is 1. The van der Waals surface area contributed by atoms with Crippen molar-refractivity contribution in [2.75, 3.05) is 17.4 Å². The van der Waals surface area contributed by atoms with E-state index >= 15 is 0 Å². The third-order valence-corrected chi connectivity index (χ3v) is 9.94. The molecule has 1 N–H and O–H groups in total. The first-order chi connectivity index (χ1) is 21.6. The molecule has 0 radical (unpaired) electrons. The minimum Gasteiger partial charge on any atom is -0.354 e. The molecule has 236 valence electrons. The number of hydrogen-bond acceptors (Lipinski definition) is 4. The summed E-state index contributed by atoms with van der Waals surface area (Å²) in [5, 5.41) is 3.18. The van der Waals surface area contributed by atoms with E-state index < -0.39 is 28.5 Å². The number of nitrogens with one attached hydrogen (secondary N) is 1. The SMILES string of the molecule is CCCCNC(=O)C(Cc1ccccc1)N(Cc1cccc(Br)c1)C(=O)CN(c1ccccc1Cl)S(=O)(=O)c1ccc(C)cc1. The lowest BCUT2D eigenvalue weighted by atomic mass is 10.0. The highest BCUT2D eigenvalue weighted by Crippen LogP contribution is 2.31. The van der Waals surface area contributed by atoms with Gasteiger partial charge in [0.15, 0.2) is 0 Å². The second-order valence-corrected chi connectivity index (χ2v) is 14.0. The smallest absolute Gasteiger partial charge is 0.264 e. The van der Waals surface area contributed by atoms with Gasteiger partial charge in [-0.05, 0) is 60.9 Å². The molecule has 0 aromatic heterocycles. The van der Waals surface area contributed by atoms with Gasteiger partial charge in [-0.25, -0.2) is 8.42 Å². The first-order valence-electron chi connectivity index (χ1n) is 14.8. The highest BCUT2D eigenvalue weighted by atomic mass is 79.9. The zero-order chi connectivity index (χ0) is 32.4. The van der Waals surface area contributed by atoms with Crippen LogP contribution in [0, 0.1) is 6.92 Å². The zero-order valence-electron chi connectivity index (χ0n) is 25.3. The van der Waals surface area contributed by atoms with Gasteiger partial charge in [-0.15, -0.1) is 0 Å². The average Bonchev–Trinajstić information content (AvgIpc) is 3.02. The number of carbonyl (C=O) groups excluding carboxylic acids is 2. The van der Waals surface area contributed by atoms with Gasteiger partial charge < -0.3 is 10.2 Å². The van der Waals surface area contributed by atoms with E-state index in [0.29, 0.717) is 6.54 Å². The van der Waals surface area contributed by atoms with Gasteiger partial charge in [0.05, 0.1) is 15.6 Å². The molecule has 4 aromatic rings. The molecule has 4 rings (SSSR count). The number of sulfonamides is 1. The van der Waals surface area contributed by atoms with Crippen LogP contribution < -0.4 is 9.62 Å². The average molecular weight is 711 g/mol. The zero-order valence-corrected chi connectivity index (χ0v) is 28.5. The van der Waals surface area contributed by atoms with E-state index in [4.69, 9.17) is 11.6 Å². The topological polar surface area (TPSA) is 86.8 Å². The number of amides is 2. The molecule has 0 bridgehead atoms. The van der Waals surface area contributed by atoms with Gasteiger partial charge in [0.25, 0.3) is 10.0 Å². The first kappa shape index (κ1) is 34.2. The second-order valence-electron chi connectivity index (χ2n) is 10.8. The van der Waals surface area contributed by atoms with Crippen molar-refractivity contribution in [2.45, 2.75) is 50.6 Å². The van der Waals surface area contributed by atoms with Crippen LogP contribution >= 0.6 is 27.5 Å². The molecule has 1 atom stereocenters. The third kappa shape index (κ3) is 9.19. The molecule has 0 heterocycles. The Balaban J connectivity index is 1.80. The number of benzene rings is 4. The lowest BCUT2D eigenvalue weighted by Crippen LogP contribution is -2.53. The maximum absolute atomic E-state index is 14.5. The van der Waals surface area contributed by atoms with E-state index in [1.807, 2.05) is 68.4 Å². The molecule has 0 saturated carbocycles. The van der Waals surface area contributed by atoms with E-state index in [2.05, 4.69) is 21.2 Å². The molecular formula is C35H37BrClN3O4S. The van der Waals surface area contributed by atoms with Crippen LogP contribution in [-0.4, -0.2) is 44.3 Å². The number of nitrogens with zero attached hydrogens (tertiary/aromatic N) is 2. The summed E-state index contributed by atoms with van der Waals surface area (Å²) in [4.78, 5) is 29.8. The Bertz CT molecular complexity index is 1700. The molecule has 45 heavy (non-hydrogen) atoms. The van der Waals surface area contributed by atoms with Crippen LogP contribution in [0.15, 0.2) is 112 Å². The van der Waals surface area contributed by atoms with Crippen LogP contribution in [0.2, 0.25) is 5.02 Å². The van der Waals surface area contributed by atoms with Crippen molar-refractivity contribution in [1.29, 1.82) is 0 Å². The third-order valence-electron chi connectivity index (χ3n) is 7.35. The molecule has 2 amide bonds. The van der Waals surface area contributed by atoms with E-state index in [-0.39, 0.29) is 34.5 Å². The Morgan fingerprint density at radius 3 is 2.22 bits per heavy atom. The molecule has 0 aliphatic rings. The van der Waals surface area contributed by atoms with E-state index in [1.165, 1.54) is 17.0 Å². The molecule has 0 spiro atoms. The van der Waals surface area contributed by atoms with Crippen LogP contribution in [0.25, 0.3) is 0 Å². The van der Waals surface area contributed by atoms with E-state index in [1.54, 1.807) is 36.4 Å². The number of unbranched alkanes of at least 4 members (excludes halogenated alkanes) is 1. The second kappa shape index (κ2) is 16.1. The van der Waals surface area contributed by atoms with Crippen LogP contribution in [0.5, 0.6) is 0 Å². The molecule has 4 aromatic carbocycles. The molecule has 0 fully saturated rings. The van der Waals surface area contributed by atoms with Crippen molar-refractivity contribution in [3.63, 3.8) is 0 Å². The highest BCUT2D eigenvalue weighted by molar-refractivity contribution is 9.10. The first-order valence-corrected chi connectivity index (χ1v) is 17.4. The Labute approximate surface area is 279 Å². The summed E-state index contributed by atoms with van der Waals surface area (Å²) >= 11 is 10.0. The van der Waals surface area contributed by atoms with E-state index in [9.17, 15) is 18.0 Å². The van der Waals surface area contributed by atoms with Gasteiger partial charge in [-0.2, -0.15) is 0 Å². The maximum Gasteiger partial charge on any atom is 0.264 e. The maximum atomic E-state index is 14.5. The number of carbonyl (C=O) groups is 2. The van der Waals surface area contributed by atoms with Gasteiger partial charge >= 0.3 is 0 Å². The fraction of sp³-hybridized carbons (Fsp3) is 0.257. The number of anilines is 1. The predicted molar refractivity (Wildman–Crippen MR) is 184 cm³/mol. The normalized spacial score (nSPS) is 11.9. The van der Waals surface area contributed by atoms with Crippen molar-refractivity contribution in [3.05, 3.63) is 129 Å². The summed E-state index contributed by atoms with van der Waals surface area (Å²) in [6.45, 7) is 3.88. The van der Waals surface area contributed by atoms with Gasteiger partial charge in [0.1, 0.15) is 12.6 Å². The summed E-state index contributed by atoms with van der Waals surface area (Å²) in [5.74, 6) is -0.849. The lowest BCUT2D eigenvalue weighted by Gasteiger charge is -2.34. The Kier molecular flexibility index (Phi) is 12.2. The quantitative estimate of drug-likeness (QED) is 0.141. The van der Waals surface area contributed by atoms with Crippen LogP contribution in [0.4, 0.5) is 5.69 Å². The Morgan fingerprint density at radius 2 is 1.56 bits per heavy atom. The molecule has 10 heteroatoms. The van der Waals surface area contributed by atoms with Gasteiger partial charge in [-0.1, -0.05) is 113 Å². The fourth-order valence-corrected chi connectivity index (χ4v) is 7.06. The summed E-state index contributed by atoms with van der Waals surface area (Å²) in [6.07, 6.45) is 1.93. The minimum atomic E-state index is -4.23. The van der Waals surface area contributed by atoms with Gasteiger partial charge in [0.2, 0.25) is 11.8 Å². The van der Waals surface area contributed by atoms with Crippen molar-refractivity contribution in [3.8, 4) is 0 Å². The standard InChI is InChI=1S/C35H37BrClN3O4S/c1-3-4-21-38-35(42)33(23-27-11-6-5-7-12-27)39(24-28-13-10-14-29(36)22-28)34(41)25-40(32-16-9-8-15-31(32)37)45(43,44)30-19-17-26(2)18-20-30/h5-20,22,33H,3-4,21,23-25H2,1-2H3,(H,38,42). The summed E-state index contributed by atoms with van der Waals surface area (Å²) in [6, 6.07) is 29.0. The largest absolute Gasteiger partial charge is 0.354 e. The molecule has 0 saturated heterocycles. The van der Waals surface area contributed by atoms with Crippen LogP contribution in [0.3, 0.4) is 0 Å². The van der Waals surface area contributed by atoms with Crippen LogP contribution in [-0.2, 0) is 32.6 Å². The summed E-state index contributed by atoms with van der Waals surface area (Å²) < 4.78 is 30.1. The molecule has 0 aliphatic carbocycles. The Morgan fingerprint density at radius 1 is 0.889 bits per heavy atom. The monoisotopic (exact) mass is 709 g/mol. The van der Waals surface area contributed by atoms with Crippen molar-refractivity contribution < 1.29 is 18.0 Å². The van der Waals surface area contributed by atoms with Crippen molar-refractivity contribution in [1.82, 2.24) is 10.2 Å². The van der Waals surface area contributed by atoms with E-state index in [0.717, 1.165) is 38.3 Å². The highest BCUT2D eigenvalue weighted by Gasteiger charge is 2.35. The fourth-order valence-electron chi connectivity index (χ4n) is 4.90. The predicted octanol–water partition coefficient (Wildman–Crippen LogP) is 7.16. The Hall–Kier alpha value is -3.66. The number of halogens is 2. The minimum absolute atomic E-state index is 0.0255. The van der Waals surface area contributed by atoms with Crippen molar-refractivity contribution >= 4 is 55.1 Å². The van der Waals surface area contributed by atoms with Crippen LogP contribution in [0.1, 0.15) is 36.5 Å². The van der Waals surface area contributed by atoms with Gasteiger partial charge in [0, 0.05) is 24.0 Å². The van der Waals surface area contributed by atoms with Gasteiger partial charge in [-0.3, -0.25) is 13.9 Å². The summed E-state index contributed by atoms with van der Waals surface area (Å²) in [5.41, 5.74) is 2.72. The summed E-state index contributed by atoms with van der Waals surface area (Å²) in [7, 11) is -4.23. The molecule has 7 nitrogen and oxygen atoms in total.